The molecule has 2 nitrogen and oxygen atoms in total. The van der Waals surface area contributed by atoms with Crippen LogP contribution >= 0.6 is 11.3 Å². The van der Waals surface area contributed by atoms with E-state index < -0.39 is 0 Å². The summed E-state index contributed by atoms with van der Waals surface area (Å²) >= 11 is 1.67. The summed E-state index contributed by atoms with van der Waals surface area (Å²) < 4.78 is 0. The van der Waals surface area contributed by atoms with E-state index in [4.69, 9.17) is 0 Å². The van der Waals surface area contributed by atoms with Crippen LogP contribution in [0.15, 0.2) is 36.1 Å². The molecule has 0 saturated carbocycles. The Balaban J connectivity index is 0. The fourth-order valence-corrected chi connectivity index (χ4v) is 1.26. The van der Waals surface area contributed by atoms with E-state index in [1.165, 1.54) is 0 Å². The molecule has 1 rings (SSSR count). The summed E-state index contributed by atoms with van der Waals surface area (Å²) in [6.45, 7) is 9.99. The topological polar surface area (TPSA) is 16.1 Å². The van der Waals surface area contributed by atoms with Crippen molar-refractivity contribution in [1.29, 1.82) is 0 Å². The molecule has 0 aliphatic heterocycles. The van der Waals surface area contributed by atoms with Crippen LogP contribution in [0.2, 0.25) is 0 Å². The lowest BCUT2D eigenvalue weighted by Crippen LogP contribution is -1.97. The Kier molecular flexibility index (Phi) is 15.0. The lowest BCUT2D eigenvalue weighted by Gasteiger charge is -2.03. The molecule has 1 aromatic rings. The van der Waals surface area contributed by atoms with Gasteiger partial charge in [-0.1, -0.05) is 26.0 Å². The number of aromatic nitrogens is 1. The molecular formula is C13H24N2S. The second-order valence-electron chi connectivity index (χ2n) is 2.68. The monoisotopic (exact) mass is 240 g/mol. The minimum absolute atomic E-state index is 1.13. The zero-order chi connectivity index (χ0) is 12.8. The lowest BCUT2D eigenvalue weighted by molar-refractivity contribution is 0.624. The first-order valence-corrected chi connectivity index (χ1v) is 6.42. The highest BCUT2D eigenvalue weighted by atomic mass is 32.1. The number of aryl methyl sites for hydroxylation is 1. The Bertz CT molecular complexity index is 251. The Hall–Kier alpha value is -1.09. The van der Waals surface area contributed by atoms with Gasteiger partial charge in [-0.05, 0) is 33.2 Å². The summed E-state index contributed by atoms with van der Waals surface area (Å²) in [4.78, 5) is 5.94. The lowest BCUT2D eigenvalue weighted by atomic mass is 10.6. The van der Waals surface area contributed by atoms with E-state index in [-0.39, 0.29) is 0 Å². The molecular weight excluding hydrogens is 216 g/mol. The fraction of sp³-hybridized carbons (Fsp3) is 0.462. The zero-order valence-corrected chi connectivity index (χ0v) is 12.1. The maximum atomic E-state index is 3.94. The molecule has 3 heteroatoms. The van der Waals surface area contributed by atoms with Gasteiger partial charge < -0.3 is 4.90 Å². The highest BCUT2D eigenvalue weighted by Gasteiger charge is 1.76. The van der Waals surface area contributed by atoms with E-state index in [0.717, 1.165) is 5.01 Å². The summed E-state index contributed by atoms with van der Waals surface area (Å²) in [5, 5.41) is 3.10. The average molecular weight is 240 g/mol. The zero-order valence-electron chi connectivity index (χ0n) is 11.3. The molecule has 0 aliphatic rings. The number of allylic oxidation sites excluding steroid dienone is 2. The van der Waals surface area contributed by atoms with Crippen LogP contribution in [0.1, 0.15) is 32.7 Å². The van der Waals surface area contributed by atoms with Gasteiger partial charge in [-0.15, -0.1) is 11.3 Å². The molecule has 0 N–H and O–H groups in total. The number of thiazole rings is 1. The van der Waals surface area contributed by atoms with Crippen molar-refractivity contribution in [2.24, 2.45) is 0 Å². The first kappa shape index (κ1) is 17.3. The van der Waals surface area contributed by atoms with Gasteiger partial charge in [-0.3, -0.25) is 4.98 Å². The summed E-state index contributed by atoms with van der Waals surface area (Å²) in [7, 11) is 2.00. The summed E-state index contributed by atoms with van der Waals surface area (Å²) in [5.41, 5.74) is 0. The van der Waals surface area contributed by atoms with Crippen LogP contribution < -0.4 is 0 Å². The molecule has 0 saturated heterocycles. The van der Waals surface area contributed by atoms with Crippen molar-refractivity contribution in [1.82, 2.24) is 9.88 Å². The van der Waals surface area contributed by atoms with Gasteiger partial charge in [0, 0.05) is 18.6 Å². The summed E-state index contributed by atoms with van der Waals surface area (Å²) in [5.74, 6) is 0. The van der Waals surface area contributed by atoms with Gasteiger partial charge in [0.1, 0.15) is 0 Å². The van der Waals surface area contributed by atoms with Crippen molar-refractivity contribution in [2.45, 2.75) is 34.6 Å². The fourth-order valence-electron chi connectivity index (χ4n) is 0.815. The summed E-state index contributed by atoms with van der Waals surface area (Å²) in [6.07, 6.45) is 9.81. The maximum Gasteiger partial charge on any atom is 0.0893 e. The Morgan fingerprint density at radius 1 is 1.19 bits per heavy atom. The highest BCUT2D eigenvalue weighted by Crippen LogP contribution is 1.98. The Morgan fingerprint density at radius 2 is 1.69 bits per heavy atom. The second-order valence-corrected chi connectivity index (χ2v) is 3.78. The SMILES string of the molecule is C/C=C\N(C)/C=C\C.CC.Cc1nccs1. The van der Waals surface area contributed by atoms with Gasteiger partial charge in [0.05, 0.1) is 5.01 Å². The first-order valence-electron chi connectivity index (χ1n) is 5.54. The van der Waals surface area contributed by atoms with Crippen molar-refractivity contribution in [3.63, 3.8) is 0 Å². The van der Waals surface area contributed by atoms with Gasteiger partial charge in [0.2, 0.25) is 0 Å². The van der Waals surface area contributed by atoms with Crippen LogP contribution in [0.3, 0.4) is 0 Å². The molecule has 16 heavy (non-hydrogen) atoms. The van der Waals surface area contributed by atoms with Crippen LogP contribution in [0.25, 0.3) is 0 Å². The van der Waals surface area contributed by atoms with Gasteiger partial charge in [-0.2, -0.15) is 0 Å². The van der Waals surface area contributed by atoms with Crippen molar-refractivity contribution >= 4 is 11.3 Å². The smallest absolute Gasteiger partial charge is 0.0893 e. The molecule has 0 atom stereocenters. The van der Waals surface area contributed by atoms with E-state index in [1.807, 2.05) is 76.5 Å². The normalized spacial score (nSPS) is 9.38. The molecule has 1 aromatic heterocycles. The molecule has 0 bridgehead atoms. The number of hydrogen-bond donors (Lipinski definition) is 0. The van der Waals surface area contributed by atoms with Crippen LogP contribution in [0.4, 0.5) is 0 Å². The van der Waals surface area contributed by atoms with Crippen molar-refractivity contribution in [3.8, 4) is 0 Å². The van der Waals surface area contributed by atoms with E-state index >= 15 is 0 Å². The number of hydrogen-bond acceptors (Lipinski definition) is 3. The standard InChI is InChI=1S/C7H13N.C4H5NS.C2H6/c1-4-6-8(3)7-5-2;1-4-5-2-3-6-4;1-2/h4-7H,1-3H3;2-3H,1H3;1-2H3/b6-4-,7-5-;;. The van der Waals surface area contributed by atoms with Gasteiger partial charge in [-0.25, -0.2) is 0 Å². The minimum atomic E-state index is 1.13. The minimum Gasteiger partial charge on any atom is -0.358 e. The predicted octanol–water partition coefficient (Wildman–Crippen LogP) is 4.46. The number of rotatable bonds is 2. The molecule has 0 unspecified atom stereocenters. The Labute approximate surface area is 104 Å². The third-order valence-corrected chi connectivity index (χ3v) is 2.03. The summed E-state index contributed by atoms with van der Waals surface area (Å²) in [6, 6.07) is 0. The first-order chi connectivity index (χ1) is 7.70. The molecule has 0 fully saturated rings. The average Bonchev–Trinajstić information content (AvgIpc) is 2.74. The van der Waals surface area contributed by atoms with E-state index in [1.54, 1.807) is 17.5 Å². The molecule has 1 heterocycles. The van der Waals surface area contributed by atoms with Crippen molar-refractivity contribution in [2.75, 3.05) is 7.05 Å². The second kappa shape index (κ2) is 13.9. The van der Waals surface area contributed by atoms with Crippen LogP contribution in [0, 0.1) is 6.92 Å². The van der Waals surface area contributed by atoms with E-state index in [2.05, 4.69) is 4.98 Å². The van der Waals surface area contributed by atoms with Gasteiger partial charge >= 0.3 is 0 Å². The maximum absolute atomic E-state index is 3.94. The third-order valence-electron chi connectivity index (χ3n) is 1.32. The molecule has 0 amide bonds. The predicted molar refractivity (Wildman–Crippen MR) is 75.6 cm³/mol. The van der Waals surface area contributed by atoms with Gasteiger partial charge in [0.15, 0.2) is 0 Å². The molecule has 0 aromatic carbocycles. The van der Waals surface area contributed by atoms with Crippen LogP contribution in [-0.4, -0.2) is 16.9 Å². The van der Waals surface area contributed by atoms with Crippen LogP contribution in [0.5, 0.6) is 0 Å². The van der Waals surface area contributed by atoms with E-state index in [9.17, 15) is 0 Å². The van der Waals surface area contributed by atoms with Gasteiger partial charge in [0.25, 0.3) is 0 Å². The molecule has 0 aliphatic carbocycles. The van der Waals surface area contributed by atoms with E-state index in [0.29, 0.717) is 0 Å². The molecule has 92 valence electrons. The highest BCUT2D eigenvalue weighted by molar-refractivity contribution is 7.09. The molecule has 0 spiro atoms. The quantitative estimate of drug-likeness (QED) is 0.758. The number of nitrogens with zero attached hydrogens (tertiary/aromatic N) is 2. The molecule has 0 radical (unpaired) electrons. The van der Waals surface area contributed by atoms with Crippen molar-refractivity contribution < 1.29 is 0 Å². The van der Waals surface area contributed by atoms with Crippen LogP contribution in [-0.2, 0) is 0 Å². The van der Waals surface area contributed by atoms with Crippen molar-refractivity contribution in [3.05, 3.63) is 41.1 Å². The largest absolute Gasteiger partial charge is 0.358 e. The third kappa shape index (κ3) is 12.9. The Morgan fingerprint density at radius 3 is 1.88 bits per heavy atom.